The van der Waals surface area contributed by atoms with E-state index in [0.29, 0.717) is 6.54 Å². The molecule has 1 fully saturated rings. The van der Waals surface area contributed by atoms with E-state index in [4.69, 9.17) is 4.98 Å². The summed E-state index contributed by atoms with van der Waals surface area (Å²) in [5.41, 5.74) is 2.23. The zero-order valence-electron chi connectivity index (χ0n) is 15.7. The van der Waals surface area contributed by atoms with E-state index in [0.717, 1.165) is 47.9 Å². The van der Waals surface area contributed by atoms with Gasteiger partial charge < -0.3 is 4.90 Å². The molecule has 0 unspecified atom stereocenters. The maximum absolute atomic E-state index is 13.0. The van der Waals surface area contributed by atoms with E-state index >= 15 is 0 Å². The van der Waals surface area contributed by atoms with Crippen LogP contribution in [0.3, 0.4) is 0 Å². The molecule has 3 heterocycles. The van der Waals surface area contributed by atoms with E-state index in [9.17, 15) is 4.79 Å². The van der Waals surface area contributed by atoms with Gasteiger partial charge in [0.2, 0.25) is 0 Å². The SMILES string of the molecule is CCc1sc(C(=O)N2CCC[C@@H](c3nc(-c4ccccc4)n[nH]3)C2)cc1C. The topological polar surface area (TPSA) is 61.9 Å². The fraction of sp³-hybridized carbons (Fsp3) is 0.381. The van der Waals surface area contributed by atoms with Gasteiger partial charge in [-0.25, -0.2) is 4.98 Å². The first-order valence-corrected chi connectivity index (χ1v) is 10.3. The number of H-pyrrole nitrogens is 1. The summed E-state index contributed by atoms with van der Waals surface area (Å²) < 4.78 is 0. The lowest BCUT2D eigenvalue weighted by atomic mass is 9.97. The van der Waals surface area contributed by atoms with E-state index in [1.54, 1.807) is 11.3 Å². The number of nitrogens with zero attached hydrogens (tertiary/aromatic N) is 3. The van der Waals surface area contributed by atoms with Gasteiger partial charge in [0.25, 0.3) is 5.91 Å². The molecule has 140 valence electrons. The van der Waals surface area contributed by atoms with Gasteiger partial charge in [0, 0.05) is 29.4 Å². The van der Waals surface area contributed by atoms with Crippen LogP contribution in [0.1, 0.15) is 51.6 Å². The zero-order chi connectivity index (χ0) is 18.8. The monoisotopic (exact) mass is 380 g/mol. The molecule has 0 spiro atoms. The molecular weight excluding hydrogens is 356 g/mol. The van der Waals surface area contributed by atoms with Crippen LogP contribution in [0.4, 0.5) is 0 Å². The molecule has 0 radical (unpaired) electrons. The molecule has 0 bridgehead atoms. The third-order valence-electron chi connectivity index (χ3n) is 5.18. The fourth-order valence-corrected chi connectivity index (χ4v) is 4.77. The third-order valence-corrected chi connectivity index (χ3v) is 6.55. The van der Waals surface area contributed by atoms with Crippen LogP contribution >= 0.6 is 11.3 Å². The van der Waals surface area contributed by atoms with Crippen molar-refractivity contribution in [2.75, 3.05) is 13.1 Å². The number of piperidine rings is 1. The molecule has 0 saturated carbocycles. The lowest BCUT2D eigenvalue weighted by molar-refractivity contribution is 0.0709. The largest absolute Gasteiger partial charge is 0.337 e. The predicted octanol–water partition coefficient (Wildman–Crippen LogP) is 4.42. The number of carbonyl (C=O) groups excluding carboxylic acids is 1. The maximum Gasteiger partial charge on any atom is 0.263 e. The highest BCUT2D eigenvalue weighted by atomic mass is 32.1. The number of thiophene rings is 1. The van der Waals surface area contributed by atoms with Crippen LogP contribution in [0.5, 0.6) is 0 Å². The lowest BCUT2D eigenvalue weighted by Crippen LogP contribution is -2.39. The zero-order valence-corrected chi connectivity index (χ0v) is 16.6. The van der Waals surface area contributed by atoms with Gasteiger partial charge in [0.15, 0.2) is 5.82 Å². The number of hydrogen-bond donors (Lipinski definition) is 1. The fourth-order valence-electron chi connectivity index (χ4n) is 3.69. The Morgan fingerprint density at radius 3 is 2.89 bits per heavy atom. The first-order valence-electron chi connectivity index (χ1n) is 9.52. The molecule has 1 N–H and O–H groups in total. The van der Waals surface area contributed by atoms with E-state index in [1.807, 2.05) is 41.3 Å². The summed E-state index contributed by atoms with van der Waals surface area (Å²) in [6, 6.07) is 12.0. The molecule has 1 atom stereocenters. The molecule has 2 aromatic heterocycles. The lowest BCUT2D eigenvalue weighted by Gasteiger charge is -2.31. The average molecular weight is 381 g/mol. The number of rotatable bonds is 4. The first-order chi connectivity index (χ1) is 13.2. The van der Waals surface area contributed by atoms with Gasteiger partial charge in [0.05, 0.1) is 4.88 Å². The summed E-state index contributed by atoms with van der Waals surface area (Å²) in [5.74, 6) is 1.95. The Morgan fingerprint density at radius 2 is 2.15 bits per heavy atom. The molecule has 1 saturated heterocycles. The summed E-state index contributed by atoms with van der Waals surface area (Å²) in [7, 11) is 0. The van der Waals surface area contributed by atoms with Crippen molar-refractivity contribution >= 4 is 17.2 Å². The van der Waals surface area contributed by atoms with Gasteiger partial charge in [-0.1, -0.05) is 37.3 Å². The highest BCUT2D eigenvalue weighted by Gasteiger charge is 2.28. The second-order valence-electron chi connectivity index (χ2n) is 7.07. The Morgan fingerprint density at radius 1 is 1.33 bits per heavy atom. The first kappa shape index (κ1) is 17.9. The molecule has 27 heavy (non-hydrogen) atoms. The number of amides is 1. The number of aromatic amines is 1. The Bertz CT molecular complexity index is 931. The molecule has 1 aromatic carbocycles. The van der Waals surface area contributed by atoms with Crippen molar-refractivity contribution in [2.45, 2.75) is 39.0 Å². The van der Waals surface area contributed by atoms with E-state index in [1.165, 1.54) is 10.4 Å². The van der Waals surface area contributed by atoms with Crippen LogP contribution in [0, 0.1) is 6.92 Å². The molecule has 5 nitrogen and oxygen atoms in total. The highest BCUT2D eigenvalue weighted by molar-refractivity contribution is 7.14. The minimum absolute atomic E-state index is 0.148. The molecule has 3 aromatic rings. The van der Waals surface area contributed by atoms with Crippen molar-refractivity contribution in [1.29, 1.82) is 0 Å². The minimum Gasteiger partial charge on any atom is -0.337 e. The summed E-state index contributed by atoms with van der Waals surface area (Å²) in [6.45, 7) is 5.73. The Hall–Kier alpha value is -2.47. The van der Waals surface area contributed by atoms with Crippen LogP contribution < -0.4 is 0 Å². The quantitative estimate of drug-likeness (QED) is 0.729. The summed E-state index contributed by atoms with van der Waals surface area (Å²) in [6.07, 6.45) is 2.99. The second-order valence-corrected chi connectivity index (χ2v) is 8.21. The van der Waals surface area contributed by atoms with Crippen molar-refractivity contribution in [3.8, 4) is 11.4 Å². The number of hydrogen-bond acceptors (Lipinski definition) is 4. The molecule has 1 aliphatic rings. The Kier molecular flexibility index (Phi) is 5.07. The third kappa shape index (κ3) is 3.67. The Balaban J connectivity index is 1.49. The number of likely N-dealkylation sites (tertiary alicyclic amines) is 1. The Labute approximate surface area is 163 Å². The van der Waals surface area contributed by atoms with Gasteiger partial charge in [-0.05, 0) is 37.8 Å². The number of aryl methyl sites for hydroxylation is 2. The van der Waals surface area contributed by atoms with Crippen molar-refractivity contribution in [3.63, 3.8) is 0 Å². The standard InChI is InChI=1S/C21H24N4OS/c1-3-17-14(2)12-18(27-17)21(26)25-11-7-10-16(13-25)20-22-19(23-24-20)15-8-5-4-6-9-15/h4-6,8-9,12,16H,3,7,10-11,13H2,1-2H3,(H,22,23,24)/t16-/m1/s1. The van der Waals surface area contributed by atoms with Crippen molar-refractivity contribution in [1.82, 2.24) is 20.1 Å². The van der Waals surface area contributed by atoms with Gasteiger partial charge in [-0.3, -0.25) is 9.89 Å². The average Bonchev–Trinajstić information content (AvgIpc) is 3.35. The normalized spacial score (nSPS) is 17.3. The second kappa shape index (κ2) is 7.64. The summed E-state index contributed by atoms with van der Waals surface area (Å²) in [4.78, 5) is 21.8. The molecule has 1 aliphatic heterocycles. The van der Waals surface area contributed by atoms with Gasteiger partial charge >= 0.3 is 0 Å². The molecular formula is C21H24N4OS. The number of benzene rings is 1. The molecule has 0 aliphatic carbocycles. The van der Waals surface area contributed by atoms with Crippen LogP contribution in [-0.4, -0.2) is 39.1 Å². The van der Waals surface area contributed by atoms with E-state index < -0.39 is 0 Å². The number of carbonyl (C=O) groups is 1. The van der Waals surface area contributed by atoms with Gasteiger partial charge in [-0.2, -0.15) is 5.10 Å². The van der Waals surface area contributed by atoms with E-state index in [2.05, 4.69) is 24.0 Å². The van der Waals surface area contributed by atoms with Crippen LogP contribution in [0.15, 0.2) is 36.4 Å². The highest BCUT2D eigenvalue weighted by Crippen LogP contribution is 2.29. The molecule has 6 heteroatoms. The predicted molar refractivity (Wildman–Crippen MR) is 108 cm³/mol. The van der Waals surface area contributed by atoms with Gasteiger partial charge in [-0.15, -0.1) is 11.3 Å². The number of aromatic nitrogens is 3. The maximum atomic E-state index is 13.0. The van der Waals surface area contributed by atoms with Crippen LogP contribution in [-0.2, 0) is 6.42 Å². The minimum atomic E-state index is 0.148. The van der Waals surface area contributed by atoms with Gasteiger partial charge in [0.1, 0.15) is 5.82 Å². The number of nitrogens with one attached hydrogen (secondary N) is 1. The summed E-state index contributed by atoms with van der Waals surface area (Å²) in [5, 5.41) is 7.48. The molecule has 1 amide bonds. The summed E-state index contributed by atoms with van der Waals surface area (Å²) >= 11 is 1.63. The van der Waals surface area contributed by atoms with Crippen molar-refractivity contribution in [3.05, 3.63) is 57.5 Å². The van der Waals surface area contributed by atoms with Crippen LogP contribution in [0.2, 0.25) is 0 Å². The van der Waals surface area contributed by atoms with Crippen LogP contribution in [0.25, 0.3) is 11.4 Å². The van der Waals surface area contributed by atoms with E-state index in [-0.39, 0.29) is 11.8 Å². The van der Waals surface area contributed by atoms with Crippen molar-refractivity contribution in [2.24, 2.45) is 0 Å². The van der Waals surface area contributed by atoms with Crippen molar-refractivity contribution < 1.29 is 4.79 Å². The molecule has 4 rings (SSSR count). The smallest absolute Gasteiger partial charge is 0.263 e.